The Hall–Kier alpha value is -0.200. The van der Waals surface area contributed by atoms with Gasteiger partial charge in [0.15, 0.2) is 0 Å². The molecule has 0 aromatic heterocycles. The van der Waals surface area contributed by atoms with E-state index in [1.165, 1.54) is 0 Å². The molecule has 0 aliphatic heterocycles. The number of hydrogen-bond donors (Lipinski definition) is 4. The quantitative estimate of drug-likeness (QED) is 0.219. The fraction of sp³-hybridized carbons (Fsp3) is 0. The molecule has 0 unspecified atom stereocenters. The fourth-order valence-corrected chi connectivity index (χ4v) is 0.0361. The van der Waals surface area contributed by atoms with E-state index in [4.69, 9.17) is 5.84 Å². The molecule has 0 saturated heterocycles. The van der Waals surface area contributed by atoms with Crippen molar-refractivity contribution in [2.24, 2.45) is 5.84 Å². The lowest BCUT2D eigenvalue weighted by Crippen LogP contribution is -2.46. The Bertz CT molecular complexity index is 7.51. The van der Waals surface area contributed by atoms with E-state index in [0.717, 1.165) is 0 Å². The number of nitrogens with one attached hydrogen (secondary N) is 4. The summed E-state index contributed by atoms with van der Waals surface area (Å²) in [5.74, 6) is 10.7. The van der Waals surface area contributed by atoms with Crippen LogP contribution in [0.5, 0.6) is 0 Å². The van der Waals surface area contributed by atoms with Crippen molar-refractivity contribution in [3.63, 3.8) is 0 Å². The van der Waals surface area contributed by atoms with Crippen LogP contribution in [0.1, 0.15) is 0 Å². The SMILES string of the molecule is [NH]NNNN. The first-order valence-corrected chi connectivity index (χ1v) is 1.04. The molecule has 1 radical (unpaired) electrons. The third kappa shape index (κ3) is 3.80. The van der Waals surface area contributed by atoms with Crippen LogP contribution >= 0.6 is 0 Å². The third-order valence-corrected chi connectivity index (χ3v) is 0.135. The summed E-state index contributed by atoms with van der Waals surface area (Å²) < 4.78 is 0. The average molecular weight is 76.1 g/mol. The smallest absolute Gasteiger partial charge is 0.164 e. The van der Waals surface area contributed by atoms with E-state index < -0.39 is 0 Å². The molecule has 0 aliphatic carbocycles. The lowest BCUT2D eigenvalue weighted by molar-refractivity contribution is 0.445. The molecule has 0 spiro atoms. The standard InChI is InChI=1S/H6N5/c1-3-5-4-2/h1,3-5H,2H2. The Balaban J connectivity index is 2.19. The van der Waals surface area contributed by atoms with E-state index in [1.54, 1.807) is 5.53 Å². The summed E-state index contributed by atoms with van der Waals surface area (Å²) in [6, 6.07) is 0. The van der Waals surface area contributed by atoms with Crippen molar-refractivity contribution >= 4 is 0 Å². The lowest BCUT2D eigenvalue weighted by Gasteiger charge is -1.91. The van der Waals surface area contributed by atoms with Crippen molar-refractivity contribution in [3.8, 4) is 0 Å². The fourth-order valence-electron chi connectivity index (χ4n) is 0.0361. The molecule has 0 saturated carbocycles. The van der Waals surface area contributed by atoms with Gasteiger partial charge >= 0.3 is 0 Å². The molecule has 0 bridgehead atoms. The molecule has 0 aromatic rings. The molecule has 5 nitrogen and oxygen atoms in total. The molecule has 0 heterocycles. The lowest BCUT2D eigenvalue weighted by atomic mass is 12.3. The summed E-state index contributed by atoms with van der Waals surface area (Å²) >= 11 is 0. The number of nitrogens with two attached hydrogens (primary N) is 1. The van der Waals surface area contributed by atoms with E-state index in [2.05, 4.69) is 11.4 Å². The largest absolute Gasteiger partial charge is 0.257 e. The maximum absolute atomic E-state index is 6.10. The Labute approximate surface area is 29.6 Å². The van der Waals surface area contributed by atoms with Crippen LogP contribution in [-0.2, 0) is 0 Å². The van der Waals surface area contributed by atoms with Crippen molar-refractivity contribution in [3.05, 3.63) is 0 Å². The van der Waals surface area contributed by atoms with Gasteiger partial charge < -0.3 is 0 Å². The van der Waals surface area contributed by atoms with Gasteiger partial charge in [-0.2, -0.15) is 22.4 Å². The second-order valence-corrected chi connectivity index (χ2v) is 0.394. The minimum atomic E-state index is 1.78. The highest BCUT2D eigenvalue weighted by Gasteiger charge is 1.56. The molecular weight excluding hydrogens is 70.0 g/mol. The van der Waals surface area contributed by atoms with Crippen molar-refractivity contribution in [2.75, 3.05) is 0 Å². The zero-order valence-corrected chi connectivity index (χ0v) is 2.58. The van der Waals surface area contributed by atoms with E-state index in [-0.39, 0.29) is 0 Å². The first kappa shape index (κ1) is 4.80. The van der Waals surface area contributed by atoms with Gasteiger partial charge in [0.05, 0.1) is 0 Å². The van der Waals surface area contributed by atoms with Crippen molar-refractivity contribution in [2.45, 2.75) is 0 Å². The maximum atomic E-state index is 6.10. The molecule has 0 amide bonds. The van der Waals surface area contributed by atoms with Crippen molar-refractivity contribution < 1.29 is 0 Å². The van der Waals surface area contributed by atoms with Gasteiger partial charge in [0.2, 0.25) is 0 Å². The molecule has 0 fully saturated rings. The second kappa shape index (κ2) is 3.80. The van der Waals surface area contributed by atoms with Crippen LogP contribution in [0.15, 0.2) is 0 Å². The molecule has 0 atom stereocenters. The van der Waals surface area contributed by atoms with Crippen LogP contribution in [-0.4, -0.2) is 0 Å². The topological polar surface area (TPSA) is 85.9 Å². The zero-order valence-electron chi connectivity index (χ0n) is 2.58. The van der Waals surface area contributed by atoms with Crippen LogP contribution in [0.25, 0.3) is 0 Å². The highest BCUT2D eigenvalue weighted by Crippen LogP contribution is 1.03. The first-order chi connectivity index (χ1) is 2.41. The normalized spacial score (nSPS) is 8.40. The van der Waals surface area contributed by atoms with E-state index in [0.29, 0.717) is 0 Å². The van der Waals surface area contributed by atoms with Gasteiger partial charge in [-0.15, -0.1) is 0 Å². The van der Waals surface area contributed by atoms with E-state index in [9.17, 15) is 0 Å². The van der Waals surface area contributed by atoms with Gasteiger partial charge in [-0.25, -0.2) is 0 Å². The van der Waals surface area contributed by atoms with Crippen molar-refractivity contribution in [1.82, 2.24) is 22.4 Å². The molecule has 0 aromatic carbocycles. The molecule has 0 aliphatic rings. The molecule has 5 heteroatoms. The van der Waals surface area contributed by atoms with Gasteiger partial charge in [0, 0.05) is 0 Å². The Morgan fingerprint density at radius 1 is 1.60 bits per heavy atom. The Morgan fingerprint density at radius 2 is 2.20 bits per heavy atom. The number of hydrazine groups is 3. The van der Waals surface area contributed by atoms with E-state index in [1.807, 2.05) is 5.53 Å². The first-order valence-electron chi connectivity index (χ1n) is 1.04. The monoisotopic (exact) mass is 76.1 g/mol. The minimum absolute atomic E-state index is 1.78. The Morgan fingerprint density at radius 3 is 2.20 bits per heavy atom. The summed E-state index contributed by atoms with van der Waals surface area (Å²) in [6.07, 6.45) is 0. The summed E-state index contributed by atoms with van der Waals surface area (Å²) in [6.45, 7) is 0. The van der Waals surface area contributed by atoms with Crippen LogP contribution in [0, 0.1) is 0 Å². The van der Waals surface area contributed by atoms with Crippen LogP contribution < -0.4 is 28.3 Å². The second-order valence-electron chi connectivity index (χ2n) is 0.394. The van der Waals surface area contributed by atoms with Gasteiger partial charge in [-0.3, -0.25) is 5.84 Å². The van der Waals surface area contributed by atoms with Gasteiger partial charge in [0.25, 0.3) is 0 Å². The zero-order chi connectivity index (χ0) is 4.12. The summed E-state index contributed by atoms with van der Waals surface area (Å²) in [4.78, 5) is 0. The van der Waals surface area contributed by atoms with Crippen molar-refractivity contribution in [1.29, 1.82) is 0 Å². The third-order valence-electron chi connectivity index (χ3n) is 0.135. The Kier molecular flexibility index (Phi) is 3.65. The van der Waals surface area contributed by atoms with Crippen LogP contribution in [0.4, 0.5) is 0 Å². The van der Waals surface area contributed by atoms with E-state index >= 15 is 0 Å². The number of rotatable bonds is 2. The van der Waals surface area contributed by atoms with Crippen LogP contribution in [0.2, 0.25) is 0 Å². The minimum Gasteiger partial charge on any atom is -0.257 e. The molecule has 0 rings (SSSR count). The number of hydrogen-bond acceptors (Lipinski definition) is 4. The molecule has 6 N–H and O–H groups in total. The van der Waals surface area contributed by atoms with Gasteiger partial charge in [0.1, 0.15) is 0 Å². The van der Waals surface area contributed by atoms with Gasteiger partial charge in [-0.1, -0.05) is 0 Å². The summed E-state index contributed by atoms with van der Waals surface area (Å²) in [5, 5.41) is 0. The highest BCUT2D eigenvalue weighted by atomic mass is 15.7. The molecule has 31 valence electrons. The van der Waals surface area contributed by atoms with Crippen LogP contribution in [0.3, 0.4) is 0 Å². The van der Waals surface area contributed by atoms with Gasteiger partial charge in [-0.05, 0) is 0 Å². The summed E-state index contributed by atoms with van der Waals surface area (Å²) in [7, 11) is 0. The predicted molar refractivity (Wildman–Crippen MR) is 16.7 cm³/mol. The molecular formula is H6N5. The molecule has 5 heavy (non-hydrogen) atoms. The maximum Gasteiger partial charge on any atom is -0.164 e. The average Bonchev–Trinajstić information content (AvgIpc) is 1.41. The summed E-state index contributed by atoms with van der Waals surface area (Å²) in [5.41, 5.74) is 5.81. The predicted octanol–water partition coefficient (Wildman–Crippen LogP) is -2.34. The highest BCUT2D eigenvalue weighted by molar-refractivity contribution is 3.91.